The third-order valence-corrected chi connectivity index (χ3v) is 7.76. The smallest absolute Gasteiger partial charge is 0.300 e. The van der Waals surface area contributed by atoms with Crippen molar-refractivity contribution >= 4 is 22.8 Å². The van der Waals surface area contributed by atoms with Crippen molar-refractivity contribution in [3.05, 3.63) is 76.9 Å². The number of nitrogens with zero attached hydrogens (tertiary/aromatic N) is 3. The summed E-state index contributed by atoms with van der Waals surface area (Å²) in [5.41, 5.74) is 8.99. The fourth-order valence-corrected chi connectivity index (χ4v) is 5.46. The molecule has 0 aliphatic carbocycles. The number of ether oxygens (including phenoxy) is 2. The molecule has 4 aromatic rings. The van der Waals surface area contributed by atoms with E-state index in [-0.39, 0.29) is 0 Å². The monoisotopic (exact) mass is 528 g/mol. The number of aryl methyl sites for hydroxylation is 2. The van der Waals surface area contributed by atoms with Crippen LogP contribution in [0.25, 0.3) is 22.2 Å². The van der Waals surface area contributed by atoms with Gasteiger partial charge in [-0.2, -0.15) is 4.98 Å². The second-order valence-corrected chi connectivity index (χ2v) is 10.4. The number of hydrogen-bond acceptors (Lipinski definition) is 8. The van der Waals surface area contributed by atoms with Gasteiger partial charge in [-0.3, -0.25) is 9.80 Å². The summed E-state index contributed by atoms with van der Waals surface area (Å²) >= 11 is 0. The van der Waals surface area contributed by atoms with Crippen LogP contribution in [0.15, 0.2) is 59.0 Å². The van der Waals surface area contributed by atoms with Crippen LogP contribution in [0.3, 0.4) is 0 Å². The number of anilines is 2. The van der Waals surface area contributed by atoms with Crippen LogP contribution in [0.4, 0.5) is 11.7 Å². The van der Waals surface area contributed by atoms with Crippen molar-refractivity contribution in [1.82, 2.24) is 14.8 Å². The largest absolute Gasteiger partial charge is 0.423 e. The number of aliphatic hydroxyl groups excluding tert-OH is 1. The maximum Gasteiger partial charge on any atom is 0.300 e. The molecule has 0 radical (unpaired) electrons. The molecule has 2 N–H and O–H groups in total. The van der Waals surface area contributed by atoms with E-state index in [1.807, 2.05) is 31.2 Å². The molecule has 8 nitrogen and oxygen atoms in total. The second-order valence-electron chi connectivity index (χ2n) is 10.4. The van der Waals surface area contributed by atoms with Gasteiger partial charge in [-0.15, -0.1) is 0 Å². The normalized spacial score (nSPS) is 17.9. The molecule has 3 heterocycles. The molecule has 3 aromatic carbocycles. The zero-order valence-electron chi connectivity index (χ0n) is 22.7. The molecule has 1 atom stereocenters. The second kappa shape index (κ2) is 11.5. The summed E-state index contributed by atoms with van der Waals surface area (Å²) in [4.78, 5) is 9.19. The summed E-state index contributed by atoms with van der Waals surface area (Å²) in [5, 5.41) is 14.3. The van der Waals surface area contributed by atoms with E-state index in [0.717, 1.165) is 85.0 Å². The third-order valence-electron chi connectivity index (χ3n) is 7.76. The Kier molecular flexibility index (Phi) is 7.63. The molecule has 2 fully saturated rings. The lowest BCUT2D eigenvalue weighted by Crippen LogP contribution is -2.39. The number of para-hydroxylation sites is 1. The highest BCUT2D eigenvalue weighted by Gasteiger charge is 2.22. The fourth-order valence-electron chi connectivity index (χ4n) is 5.46. The van der Waals surface area contributed by atoms with Crippen LogP contribution < -0.4 is 5.32 Å². The Labute approximate surface area is 229 Å². The lowest BCUT2D eigenvalue weighted by atomic mass is 9.98. The first kappa shape index (κ1) is 26.0. The predicted octanol–water partition coefficient (Wildman–Crippen LogP) is 5.01. The minimum absolute atomic E-state index is 0.467. The Morgan fingerprint density at radius 3 is 2.41 bits per heavy atom. The van der Waals surface area contributed by atoms with Gasteiger partial charge in [0.15, 0.2) is 5.58 Å². The van der Waals surface area contributed by atoms with Crippen molar-refractivity contribution in [1.29, 1.82) is 0 Å². The third kappa shape index (κ3) is 5.71. The molecule has 2 saturated heterocycles. The Morgan fingerprint density at radius 1 is 0.897 bits per heavy atom. The average molecular weight is 529 g/mol. The topological polar surface area (TPSA) is 83.2 Å². The number of rotatable bonds is 7. The van der Waals surface area contributed by atoms with E-state index >= 15 is 0 Å². The van der Waals surface area contributed by atoms with Crippen molar-refractivity contribution in [2.45, 2.75) is 26.6 Å². The van der Waals surface area contributed by atoms with Crippen molar-refractivity contribution in [2.75, 3.05) is 57.9 Å². The van der Waals surface area contributed by atoms with Gasteiger partial charge in [0.1, 0.15) is 11.7 Å². The zero-order valence-corrected chi connectivity index (χ0v) is 22.7. The van der Waals surface area contributed by atoms with Crippen molar-refractivity contribution < 1.29 is 19.0 Å². The molecule has 6 rings (SSSR count). The number of aliphatic hydroxyl groups is 1. The Balaban J connectivity index is 1.21. The average Bonchev–Trinajstić information content (AvgIpc) is 3.38. The van der Waals surface area contributed by atoms with Gasteiger partial charge in [-0.05, 0) is 59.9 Å². The fraction of sp³-hybridized carbons (Fsp3) is 0.387. The summed E-state index contributed by atoms with van der Waals surface area (Å²) in [6, 6.07) is 19.1. The summed E-state index contributed by atoms with van der Waals surface area (Å²) in [6.07, 6.45) is -0.636. The number of fused-ring (bicyclic) bond motifs is 1. The molecule has 1 aromatic heterocycles. The molecule has 2 aliphatic heterocycles. The molecule has 39 heavy (non-hydrogen) atoms. The summed E-state index contributed by atoms with van der Waals surface area (Å²) in [7, 11) is 0. The van der Waals surface area contributed by atoms with Gasteiger partial charge in [0.25, 0.3) is 6.01 Å². The van der Waals surface area contributed by atoms with Crippen LogP contribution in [0.2, 0.25) is 0 Å². The van der Waals surface area contributed by atoms with Gasteiger partial charge in [0.05, 0.1) is 26.4 Å². The lowest BCUT2D eigenvalue weighted by Gasteiger charge is -2.32. The molecule has 0 bridgehead atoms. The Hall–Kier alpha value is -3.27. The van der Waals surface area contributed by atoms with Crippen LogP contribution in [0, 0.1) is 13.8 Å². The molecular formula is C31H36N4O4. The van der Waals surface area contributed by atoms with Crippen LogP contribution in [-0.4, -0.2) is 72.5 Å². The molecule has 0 spiro atoms. The van der Waals surface area contributed by atoms with E-state index in [9.17, 15) is 5.11 Å². The number of aromatic nitrogens is 1. The minimum Gasteiger partial charge on any atom is -0.423 e. The predicted molar refractivity (Wildman–Crippen MR) is 152 cm³/mol. The highest BCUT2D eigenvalue weighted by Crippen LogP contribution is 2.34. The summed E-state index contributed by atoms with van der Waals surface area (Å²) < 4.78 is 17.2. The Bertz CT molecular complexity index is 1440. The first-order valence-corrected chi connectivity index (χ1v) is 13.7. The van der Waals surface area contributed by atoms with Crippen LogP contribution in [0.1, 0.15) is 28.5 Å². The van der Waals surface area contributed by atoms with Crippen molar-refractivity contribution in [3.63, 3.8) is 0 Å². The molecule has 2 aliphatic rings. The van der Waals surface area contributed by atoms with Crippen molar-refractivity contribution in [3.8, 4) is 11.1 Å². The first-order valence-electron chi connectivity index (χ1n) is 13.7. The van der Waals surface area contributed by atoms with E-state index in [1.165, 1.54) is 11.1 Å². The van der Waals surface area contributed by atoms with Gasteiger partial charge in [0, 0.05) is 44.0 Å². The maximum atomic E-state index is 10.9. The lowest BCUT2D eigenvalue weighted by molar-refractivity contribution is -0.0606. The maximum absolute atomic E-state index is 10.9. The molecular weight excluding hydrogens is 492 g/mol. The SMILES string of the molecule is Cc1cc(Nc2nc3cccc(-c4ccc(C(O)N5CCOCC5)c(C)c4)c3o2)ccc1CN1CCOCC1. The zero-order chi connectivity index (χ0) is 26.8. The first-order chi connectivity index (χ1) is 19.0. The summed E-state index contributed by atoms with van der Waals surface area (Å²) in [5.74, 6) is 0. The molecule has 0 amide bonds. The molecule has 0 saturated carbocycles. The number of morpholine rings is 2. The van der Waals surface area contributed by atoms with Gasteiger partial charge in [0.2, 0.25) is 0 Å². The number of benzene rings is 3. The molecule has 1 unspecified atom stereocenters. The number of hydrogen-bond donors (Lipinski definition) is 2. The van der Waals surface area contributed by atoms with Gasteiger partial charge < -0.3 is 24.3 Å². The van der Waals surface area contributed by atoms with Crippen molar-refractivity contribution in [2.24, 2.45) is 0 Å². The van der Waals surface area contributed by atoms with E-state index in [4.69, 9.17) is 18.9 Å². The summed E-state index contributed by atoms with van der Waals surface area (Å²) in [6.45, 7) is 11.4. The number of nitrogens with one attached hydrogen (secondary N) is 1. The highest BCUT2D eigenvalue weighted by molar-refractivity contribution is 5.91. The van der Waals surface area contributed by atoms with E-state index in [2.05, 4.69) is 52.4 Å². The van der Waals surface area contributed by atoms with Gasteiger partial charge in [-0.25, -0.2) is 0 Å². The number of oxazole rings is 1. The van der Waals surface area contributed by atoms with Crippen LogP contribution in [-0.2, 0) is 16.0 Å². The Morgan fingerprint density at radius 2 is 1.67 bits per heavy atom. The quantitative estimate of drug-likeness (QED) is 0.346. The molecule has 204 valence electrons. The van der Waals surface area contributed by atoms with Crippen LogP contribution in [0.5, 0.6) is 0 Å². The van der Waals surface area contributed by atoms with E-state index in [0.29, 0.717) is 19.2 Å². The van der Waals surface area contributed by atoms with Gasteiger partial charge in [-0.1, -0.05) is 36.4 Å². The standard InChI is InChI=1S/C31H36N4O4/c1-21-19-25(8-6-24(21)20-34-10-14-37-15-11-34)32-31-33-28-5-3-4-27(29(28)39-31)23-7-9-26(22(2)18-23)30(36)35-12-16-38-17-13-35/h3-9,18-19,30,36H,10-17,20H2,1-2H3,(H,32,33). The molecule has 8 heteroatoms. The minimum atomic E-state index is -0.636. The van der Waals surface area contributed by atoms with E-state index < -0.39 is 6.23 Å². The highest BCUT2D eigenvalue weighted by atomic mass is 16.5. The van der Waals surface area contributed by atoms with Crippen LogP contribution >= 0.6 is 0 Å². The van der Waals surface area contributed by atoms with Gasteiger partial charge >= 0.3 is 0 Å². The van der Waals surface area contributed by atoms with E-state index in [1.54, 1.807) is 0 Å².